The first-order valence-corrected chi connectivity index (χ1v) is 7.50. The average Bonchev–Trinajstić information content (AvgIpc) is 3.01. The van der Waals surface area contributed by atoms with E-state index in [1.807, 2.05) is 0 Å². The van der Waals surface area contributed by atoms with Crippen molar-refractivity contribution in [1.29, 1.82) is 0 Å². The monoisotopic (exact) mass is 272 g/mol. The first-order chi connectivity index (χ1) is 9.24. The first kappa shape index (κ1) is 15.2. The minimum Gasteiger partial charge on any atom is -0.389 e. The third kappa shape index (κ3) is 5.75. The van der Waals surface area contributed by atoms with Crippen LogP contribution in [0.3, 0.4) is 0 Å². The van der Waals surface area contributed by atoms with Crippen LogP contribution in [0.2, 0.25) is 0 Å². The molecular formula is C14H28N2O3. The van der Waals surface area contributed by atoms with Gasteiger partial charge in [0.25, 0.3) is 0 Å². The minimum atomic E-state index is -0.416. The number of hydrogen-bond acceptors (Lipinski definition) is 5. The highest BCUT2D eigenvalue weighted by molar-refractivity contribution is 4.75. The molecule has 3 unspecified atom stereocenters. The fourth-order valence-electron chi connectivity index (χ4n) is 2.82. The molecule has 0 aromatic rings. The van der Waals surface area contributed by atoms with E-state index in [-0.39, 0.29) is 6.10 Å². The summed E-state index contributed by atoms with van der Waals surface area (Å²) in [6.07, 6.45) is 3.31. The van der Waals surface area contributed by atoms with Gasteiger partial charge in [0, 0.05) is 19.7 Å². The molecular weight excluding hydrogens is 244 g/mol. The second kappa shape index (κ2) is 8.17. The predicted octanol–water partition coefficient (Wildman–Crippen LogP) is 0.0842. The Morgan fingerprint density at radius 2 is 2.37 bits per heavy atom. The molecule has 112 valence electrons. The quantitative estimate of drug-likeness (QED) is 0.655. The molecule has 0 radical (unpaired) electrons. The second-order valence-electron chi connectivity index (χ2n) is 5.90. The van der Waals surface area contributed by atoms with Crippen molar-refractivity contribution in [3.63, 3.8) is 0 Å². The third-order valence-electron chi connectivity index (χ3n) is 3.94. The Bertz CT molecular complexity index is 247. The Balaban J connectivity index is 1.44. The van der Waals surface area contributed by atoms with Crippen LogP contribution < -0.4 is 5.32 Å². The lowest BCUT2D eigenvalue weighted by molar-refractivity contribution is -0.0165. The number of hydrogen-bond donors (Lipinski definition) is 2. The Morgan fingerprint density at radius 3 is 3.05 bits per heavy atom. The molecule has 2 rings (SSSR count). The Kier molecular flexibility index (Phi) is 6.53. The molecule has 2 aliphatic heterocycles. The summed E-state index contributed by atoms with van der Waals surface area (Å²) in [6.45, 7) is 5.84. The van der Waals surface area contributed by atoms with Crippen molar-refractivity contribution in [2.45, 2.75) is 31.5 Å². The van der Waals surface area contributed by atoms with Crippen molar-refractivity contribution in [2.75, 3.05) is 53.0 Å². The Labute approximate surface area is 116 Å². The van der Waals surface area contributed by atoms with Crippen LogP contribution in [0.25, 0.3) is 0 Å². The van der Waals surface area contributed by atoms with Crippen LogP contribution in [0.5, 0.6) is 0 Å². The van der Waals surface area contributed by atoms with Gasteiger partial charge >= 0.3 is 0 Å². The molecule has 2 N–H and O–H groups in total. The van der Waals surface area contributed by atoms with Gasteiger partial charge < -0.3 is 24.8 Å². The molecule has 2 fully saturated rings. The van der Waals surface area contributed by atoms with Crippen molar-refractivity contribution in [1.82, 2.24) is 10.2 Å². The lowest BCUT2D eigenvalue weighted by atomic mass is 10.1. The van der Waals surface area contributed by atoms with Crippen molar-refractivity contribution >= 4 is 0 Å². The number of nitrogens with one attached hydrogen (secondary N) is 1. The van der Waals surface area contributed by atoms with E-state index in [9.17, 15) is 5.11 Å². The number of ether oxygens (including phenoxy) is 2. The van der Waals surface area contributed by atoms with E-state index in [4.69, 9.17) is 9.47 Å². The molecule has 2 heterocycles. The van der Waals surface area contributed by atoms with Crippen molar-refractivity contribution in [2.24, 2.45) is 5.92 Å². The molecule has 19 heavy (non-hydrogen) atoms. The summed E-state index contributed by atoms with van der Waals surface area (Å²) in [6, 6.07) is 0. The van der Waals surface area contributed by atoms with Gasteiger partial charge in [-0.25, -0.2) is 0 Å². The van der Waals surface area contributed by atoms with Crippen LogP contribution in [0.15, 0.2) is 0 Å². The van der Waals surface area contributed by atoms with Gasteiger partial charge in [-0.3, -0.25) is 0 Å². The van der Waals surface area contributed by atoms with Crippen LogP contribution in [-0.4, -0.2) is 75.3 Å². The molecule has 0 bridgehead atoms. The Hall–Kier alpha value is -0.200. The van der Waals surface area contributed by atoms with Gasteiger partial charge in [0.05, 0.1) is 25.4 Å². The number of likely N-dealkylation sites (tertiary alicyclic amines) is 1. The summed E-state index contributed by atoms with van der Waals surface area (Å²) in [5.74, 6) is 0.727. The third-order valence-corrected chi connectivity index (χ3v) is 3.94. The summed E-state index contributed by atoms with van der Waals surface area (Å²) in [7, 11) is 2.16. The maximum atomic E-state index is 9.81. The fraction of sp³-hybridized carbons (Fsp3) is 1.00. The smallest absolute Gasteiger partial charge is 0.0897 e. The molecule has 5 nitrogen and oxygen atoms in total. The average molecular weight is 272 g/mol. The molecule has 0 spiro atoms. The summed E-state index contributed by atoms with van der Waals surface area (Å²) in [4.78, 5) is 2.35. The summed E-state index contributed by atoms with van der Waals surface area (Å²) < 4.78 is 11.0. The highest BCUT2D eigenvalue weighted by Crippen LogP contribution is 2.13. The van der Waals surface area contributed by atoms with Gasteiger partial charge in [0.2, 0.25) is 0 Å². The molecule has 5 heteroatoms. The highest BCUT2D eigenvalue weighted by atomic mass is 16.5. The molecule has 0 aromatic carbocycles. The van der Waals surface area contributed by atoms with E-state index in [0.717, 1.165) is 31.9 Å². The number of nitrogens with zero attached hydrogens (tertiary/aromatic N) is 1. The van der Waals surface area contributed by atoms with Crippen LogP contribution in [0.1, 0.15) is 19.3 Å². The summed E-state index contributed by atoms with van der Waals surface area (Å²) >= 11 is 0. The van der Waals surface area contributed by atoms with Gasteiger partial charge in [0.1, 0.15) is 0 Å². The maximum absolute atomic E-state index is 9.81. The van der Waals surface area contributed by atoms with Crippen molar-refractivity contribution < 1.29 is 14.6 Å². The normalized spacial score (nSPS) is 30.0. The summed E-state index contributed by atoms with van der Waals surface area (Å²) in [5, 5.41) is 13.1. The van der Waals surface area contributed by atoms with E-state index < -0.39 is 6.10 Å². The van der Waals surface area contributed by atoms with Gasteiger partial charge in [0.15, 0.2) is 0 Å². The van der Waals surface area contributed by atoms with Gasteiger partial charge in [-0.2, -0.15) is 0 Å². The second-order valence-corrected chi connectivity index (χ2v) is 5.90. The zero-order chi connectivity index (χ0) is 13.5. The lowest BCUT2D eigenvalue weighted by Gasteiger charge is -2.16. The van der Waals surface area contributed by atoms with Gasteiger partial charge in [-0.1, -0.05) is 0 Å². The molecule has 0 aliphatic carbocycles. The highest BCUT2D eigenvalue weighted by Gasteiger charge is 2.19. The van der Waals surface area contributed by atoms with E-state index in [1.165, 1.54) is 19.5 Å². The van der Waals surface area contributed by atoms with E-state index >= 15 is 0 Å². The van der Waals surface area contributed by atoms with Crippen molar-refractivity contribution in [3.05, 3.63) is 0 Å². The number of aliphatic hydroxyl groups excluding tert-OH is 1. The molecule has 0 saturated carbocycles. The van der Waals surface area contributed by atoms with Crippen LogP contribution in [0, 0.1) is 5.92 Å². The SMILES string of the molecule is CN1CCC(CNCC(O)COCC2CCCO2)C1. The fourth-order valence-corrected chi connectivity index (χ4v) is 2.82. The van der Waals surface area contributed by atoms with Crippen LogP contribution >= 0.6 is 0 Å². The standard InChI is InChI=1S/C14H28N2O3/c1-16-5-4-12(9-16)7-15-8-13(17)10-18-11-14-3-2-6-19-14/h12-15,17H,2-11H2,1H3. The zero-order valence-corrected chi connectivity index (χ0v) is 12.0. The number of aliphatic hydroxyl groups is 1. The van der Waals surface area contributed by atoms with Crippen molar-refractivity contribution in [3.8, 4) is 0 Å². The lowest BCUT2D eigenvalue weighted by Crippen LogP contribution is -2.34. The molecule has 2 saturated heterocycles. The molecule has 0 aromatic heterocycles. The molecule has 3 atom stereocenters. The van der Waals surface area contributed by atoms with E-state index in [2.05, 4.69) is 17.3 Å². The first-order valence-electron chi connectivity index (χ1n) is 7.50. The zero-order valence-electron chi connectivity index (χ0n) is 12.0. The molecule has 0 amide bonds. The topological polar surface area (TPSA) is 54.0 Å². The van der Waals surface area contributed by atoms with Crippen LogP contribution in [0.4, 0.5) is 0 Å². The number of rotatable bonds is 8. The van der Waals surface area contributed by atoms with Gasteiger partial charge in [-0.15, -0.1) is 0 Å². The molecule has 2 aliphatic rings. The van der Waals surface area contributed by atoms with E-state index in [1.54, 1.807) is 0 Å². The van der Waals surface area contributed by atoms with Crippen LogP contribution in [-0.2, 0) is 9.47 Å². The van der Waals surface area contributed by atoms with E-state index in [0.29, 0.717) is 19.8 Å². The largest absolute Gasteiger partial charge is 0.389 e. The summed E-state index contributed by atoms with van der Waals surface area (Å²) in [5.41, 5.74) is 0. The Morgan fingerprint density at radius 1 is 1.47 bits per heavy atom. The minimum absolute atomic E-state index is 0.245. The van der Waals surface area contributed by atoms with Gasteiger partial charge in [-0.05, 0) is 45.3 Å². The predicted molar refractivity (Wildman–Crippen MR) is 74.3 cm³/mol. The maximum Gasteiger partial charge on any atom is 0.0897 e.